The Morgan fingerprint density at radius 1 is 1.00 bits per heavy atom. The topological polar surface area (TPSA) is 38.0 Å². The van der Waals surface area contributed by atoms with Crippen LogP contribution in [0.25, 0.3) is 0 Å². The number of hydrazine groups is 1. The van der Waals surface area contributed by atoms with E-state index in [-0.39, 0.29) is 0 Å². The van der Waals surface area contributed by atoms with Crippen LogP contribution in [0.5, 0.6) is 0 Å². The van der Waals surface area contributed by atoms with Gasteiger partial charge in [-0.2, -0.15) is 0 Å². The highest BCUT2D eigenvalue weighted by atomic mass is 15.2. The maximum Gasteiger partial charge on any atom is 0.0241 e. The summed E-state index contributed by atoms with van der Waals surface area (Å²) in [7, 11) is 0. The number of nitrogens with two attached hydrogens (primary N) is 1. The van der Waals surface area contributed by atoms with Crippen molar-refractivity contribution in [2.24, 2.45) is 29.5 Å². The molecule has 2 saturated carbocycles. The maximum absolute atomic E-state index is 5.88. The van der Waals surface area contributed by atoms with E-state index >= 15 is 0 Å². The summed E-state index contributed by atoms with van der Waals surface area (Å²) in [5, 5.41) is 0. The Morgan fingerprint density at radius 2 is 1.68 bits per heavy atom. The van der Waals surface area contributed by atoms with Crippen LogP contribution < -0.4 is 11.3 Å². The molecule has 112 valence electrons. The molecule has 0 aromatic heterocycles. The fourth-order valence-electron chi connectivity index (χ4n) is 4.65. The molecule has 0 radical (unpaired) electrons. The van der Waals surface area contributed by atoms with Crippen molar-refractivity contribution in [3.63, 3.8) is 0 Å². The molecule has 3 N–H and O–H groups in total. The largest absolute Gasteiger partial charge is 0.271 e. The first kappa shape index (κ1) is 15.3. The van der Waals surface area contributed by atoms with E-state index in [4.69, 9.17) is 5.84 Å². The van der Waals surface area contributed by atoms with Crippen molar-refractivity contribution in [1.29, 1.82) is 0 Å². The Labute approximate surface area is 119 Å². The third kappa shape index (κ3) is 3.95. The summed E-state index contributed by atoms with van der Waals surface area (Å²) in [5.41, 5.74) is 3.17. The molecule has 0 amide bonds. The lowest BCUT2D eigenvalue weighted by Crippen LogP contribution is -2.45. The summed E-state index contributed by atoms with van der Waals surface area (Å²) >= 11 is 0. The van der Waals surface area contributed by atoms with Gasteiger partial charge >= 0.3 is 0 Å². The quantitative estimate of drug-likeness (QED) is 0.557. The first-order valence-electron chi connectivity index (χ1n) is 8.74. The molecule has 4 atom stereocenters. The summed E-state index contributed by atoms with van der Waals surface area (Å²) in [6.07, 6.45) is 14.2. The summed E-state index contributed by atoms with van der Waals surface area (Å²) < 4.78 is 0. The molecular weight excluding hydrogens is 232 g/mol. The zero-order chi connectivity index (χ0) is 13.7. The standard InChI is InChI=1S/C17H34N2/c1-3-13(4-2)11-17(19-18)16-10-9-14-7-5-6-8-15(14)12-16/h13-17,19H,3-12,18H2,1-2H3. The van der Waals surface area contributed by atoms with E-state index in [9.17, 15) is 0 Å². The number of rotatable bonds is 6. The minimum absolute atomic E-state index is 0.563. The summed E-state index contributed by atoms with van der Waals surface area (Å²) in [5.74, 6) is 9.64. The molecule has 0 saturated heterocycles. The molecule has 0 aliphatic heterocycles. The van der Waals surface area contributed by atoms with Gasteiger partial charge in [0.1, 0.15) is 0 Å². The van der Waals surface area contributed by atoms with Gasteiger partial charge in [-0.25, -0.2) is 0 Å². The average Bonchev–Trinajstić information content (AvgIpc) is 2.48. The molecule has 0 aromatic rings. The van der Waals surface area contributed by atoms with Gasteiger partial charge in [-0.1, -0.05) is 52.4 Å². The van der Waals surface area contributed by atoms with Crippen molar-refractivity contribution in [2.75, 3.05) is 0 Å². The predicted molar refractivity (Wildman–Crippen MR) is 82.6 cm³/mol. The maximum atomic E-state index is 5.88. The first-order valence-corrected chi connectivity index (χ1v) is 8.74. The fourth-order valence-corrected chi connectivity index (χ4v) is 4.65. The first-order chi connectivity index (χ1) is 9.28. The van der Waals surface area contributed by atoms with Crippen LogP contribution >= 0.6 is 0 Å². The van der Waals surface area contributed by atoms with Crippen molar-refractivity contribution in [3.8, 4) is 0 Å². The highest BCUT2D eigenvalue weighted by Crippen LogP contribution is 2.44. The molecule has 0 heterocycles. The van der Waals surface area contributed by atoms with Gasteiger partial charge in [0.15, 0.2) is 0 Å². The number of nitrogens with one attached hydrogen (secondary N) is 1. The second kappa shape index (κ2) is 7.64. The second-order valence-corrected chi connectivity index (χ2v) is 7.07. The number of hydrogen-bond donors (Lipinski definition) is 2. The highest BCUT2D eigenvalue weighted by Gasteiger charge is 2.35. The van der Waals surface area contributed by atoms with E-state index < -0.39 is 0 Å². The van der Waals surface area contributed by atoms with E-state index in [0.717, 1.165) is 23.7 Å². The molecular formula is C17H34N2. The van der Waals surface area contributed by atoms with Crippen molar-refractivity contribution in [1.82, 2.24) is 5.43 Å². The molecule has 0 bridgehead atoms. The fraction of sp³-hybridized carbons (Fsp3) is 1.00. The van der Waals surface area contributed by atoms with Gasteiger partial charge < -0.3 is 0 Å². The SMILES string of the molecule is CCC(CC)CC(NN)C1CCC2CCCCC2C1. The molecule has 0 aromatic carbocycles. The minimum atomic E-state index is 0.563. The molecule has 2 nitrogen and oxygen atoms in total. The van der Waals surface area contributed by atoms with Crippen LogP contribution in [0.3, 0.4) is 0 Å². The summed E-state index contributed by atoms with van der Waals surface area (Å²) in [4.78, 5) is 0. The lowest BCUT2D eigenvalue weighted by atomic mass is 9.65. The van der Waals surface area contributed by atoms with Crippen LogP contribution in [0.2, 0.25) is 0 Å². The van der Waals surface area contributed by atoms with Crippen LogP contribution in [0.1, 0.15) is 78.1 Å². The van der Waals surface area contributed by atoms with Gasteiger partial charge in [0.25, 0.3) is 0 Å². The molecule has 19 heavy (non-hydrogen) atoms. The van der Waals surface area contributed by atoms with Crippen molar-refractivity contribution < 1.29 is 0 Å². The van der Waals surface area contributed by atoms with Gasteiger partial charge in [0.2, 0.25) is 0 Å². The van der Waals surface area contributed by atoms with Gasteiger partial charge in [-0.15, -0.1) is 0 Å². The monoisotopic (exact) mass is 266 g/mol. The van der Waals surface area contributed by atoms with Gasteiger partial charge in [0, 0.05) is 6.04 Å². The van der Waals surface area contributed by atoms with Crippen LogP contribution in [-0.4, -0.2) is 6.04 Å². The van der Waals surface area contributed by atoms with Crippen LogP contribution in [0, 0.1) is 23.7 Å². The highest BCUT2D eigenvalue weighted by molar-refractivity contribution is 4.88. The predicted octanol–water partition coefficient (Wildman–Crippen LogP) is 4.25. The van der Waals surface area contributed by atoms with Crippen molar-refractivity contribution in [3.05, 3.63) is 0 Å². The van der Waals surface area contributed by atoms with Gasteiger partial charge in [-0.05, 0) is 49.4 Å². The Hall–Kier alpha value is -0.0800. The van der Waals surface area contributed by atoms with E-state index in [0.29, 0.717) is 6.04 Å². The van der Waals surface area contributed by atoms with E-state index in [1.54, 1.807) is 0 Å². The lowest BCUT2D eigenvalue weighted by molar-refractivity contribution is 0.102. The average molecular weight is 266 g/mol. The Morgan fingerprint density at radius 3 is 2.32 bits per heavy atom. The van der Waals surface area contributed by atoms with Crippen LogP contribution in [0.15, 0.2) is 0 Å². The second-order valence-electron chi connectivity index (χ2n) is 7.07. The molecule has 4 unspecified atom stereocenters. The number of hydrogen-bond acceptors (Lipinski definition) is 2. The number of fused-ring (bicyclic) bond motifs is 1. The Balaban J connectivity index is 1.88. The summed E-state index contributed by atoms with van der Waals surface area (Å²) in [6, 6.07) is 0.563. The van der Waals surface area contributed by atoms with E-state index in [1.807, 2.05) is 0 Å². The zero-order valence-corrected chi connectivity index (χ0v) is 13.0. The molecule has 2 aliphatic carbocycles. The Kier molecular flexibility index (Phi) is 6.15. The third-order valence-electron chi connectivity index (χ3n) is 6.11. The van der Waals surface area contributed by atoms with Crippen molar-refractivity contribution >= 4 is 0 Å². The van der Waals surface area contributed by atoms with E-state index in [1.165, 1.54) is 64.2 Å². The molecule has 2 aliphatic rings. The Bertz CT molecular complexity index is 250. The van der Waals surface area contributed by atoms with Gasteiger partial charge in [0.05, 0.1) is 0 Å². The van der Waals surface area contributed by atoms with Crippen LogP contribution in [-0.2, 0) is 0 Å². The minimum Gasteiger partial charge on any atom is -0.271 e. The molecule has 2 rings (SSSR count). The molecule has 0 spiro atoms. The molecule has 2 fully saturated rings. The third-order valence-corrected chi connectivity index (χ3v) is 6.11. The van der Waals surface area contributed by atoms with Crippen LogP contribution in [0.4, 0.5) is 0 Å². The summed E-state index contributed by atoms with van der Waals surface area (Å²) in [6.45, 7) is 4.64. The van der Waals surface area contributed by atoms with Crippen molar-refractivity contribution in [2.45, 2.75) is 84.1 Å². The van der Waals surface area contributed by atoms with E-state index in [2.05, 4.69) is 19.3 Å². The normalized spacial score (nSPS) is 33.2. The smallest absolute Gasteiger partial charge is 0.0241 e. The lowest BCUT2D eigenvalue weighted by Gasteiger charge is -2.42. The zero-order valence-electron chi connectivity index (χ0n) is 13.0. The van der Waals surface area contributed by atoms with Gasteiger partial charge in [-0.3, -0.25) is 11.3 Å². The molecule has 2 heteroatoms.